The summed E-state index contributed by atoms with van der Waals surface area (Å²) in [7, 11) is -3.80. The zero-order valence-electron chi connectivity index (χ0n) is 9.83. The second-order valence-corrected chi connectivity index (χ2v) is 5.07. The molecule has 1 aromatic heterocycles. The Labute approximate surface area is 99.4 Å². The number of hydrogen-bond donors (Lipinski definition) is 3. The summed E-state index contributed by atoms with van der Waals surface area (Å²) in [4.78, 5) is 15.9. The number of aromatic nitrogens is 1. The number of sulfonamides is 1. The molecule has 7 nitrogen and oxygen atoms in total. The number of aromatic amines is 1. The lowest BCUT2D eigenvalue weighted by molar-refractivity contribution is 0.0519. The third-order valence-corrected chi connectivity index (χ3v) is 3.73. The van der Waals surface area contributed by atoms with E-state index in [2.05, 4.69) is 4.98 Å². The fourth-order valence-electron chi connectivity index (χ4n) is 1.60. The lowest BCUT2D eigenvalue weighted by Gasteiger charge is -2.03. The van der Waals surface area contributed by atoms with E-state index in [9.17, 15) is 13.2 Å². The van der Waals surface area contributed by atoms with Gasteiger partial charge in [0.2, 0.25) is 0 Å². The number of carbonyl (C=O) groups is 1. The summed E-state index contributed by atoms with van der Waals surface area (Å²) in [5, 5.41) is 0. The topological polar surface area (TPSA) is 114 Å². The van der Waals surface area contributed by atoms with Crippen molar-refractivity contribution in [2.75, 3.05) is 6.61 Å². The molecule has 0 bridgehead atoms. The second kappa shape index (κ2) is 4.86. The first-order chi connectivity index (χ1) is 7.85. The number of carbonyl (C=O) groups excluding carboxylic acids is 1. The molecule has 8 heteroatoms. The van der Waals surface area contributed by atoms with E-state index >= 15 is 0 Å². The standard InChI is InChI=1S/C9H15N3O4S/c1-4-16-9(13)7-5(2)8(6(3)11-7)17(14,15)12-10/h11-12H,4,10H2,1-3H3. The molecule has 0 radical (unpaired) electrons. The highest BCUT2D eigenvalue weighted by Gasteiger charge is 2.26. The number of H-pyrrole nitrogens is 1. The first kappa shape index (κ1) is 13.7. The fourth-order valence-corrected chi connectivity index (χ4v) is 2.68. The fraction of sp³-hybridized carbons (Fsp3) is 0.444. The lowest BCUT2D eigenvalue weighted by atomic mass is 10.2. The Hall–Kier alpha value is -1.38. The predicted molar refractivity (Wildman–Crippen MR) is 60.7 cm³/mol. The van der Waals surface area contributed by atoms with Crippen molar-refractivity contribution in [3.8, 4) is 0 Å². The van der Waals surface area contributed by atoms with Gasteiger partial charge in [-0.1, -0.05) is 0 Å². The minimum Gasteiger partial charge on any atom is -0.461 e. The Bertz CT molecular complexity index is 533. The first-order valence-electron chi connectivity index (χ1n) is 4.93. The quantitative estimate of drug-likeness (QED) is 0.400. The summed E-state index contributed by atoms with van der Waals surface area (Å²) in [5.74, 6) is 4.36. The zero-order valence-corrected chi connectivity index (χ0v) is 10.6. The van der Waals surface area contributed by atoms with E-state index in [-0.39, 0.29) is 17.2 Å². The molecule has 0 aliphatic rings. The molecular formula is C9H15N3O4S. The summed E-state index contributed by atoms with van der Waals surface area (Å²) < 4.78 is 28.1. The van der Waals surface area contributed by atoms with Gasteiger partial charge >= 0.3 is 5.97 Å². The van der Waals surface area contributed by atoms with Gasteiger partial charge in [-0.15, -0.1) is 4.83 Å². The molecule has 1 heterocycles. The largest absolute Gasteiger partial charge is 0.461 e. The molecule has 0 saturated carbocycles. The number of nitrogens with one attached hydrogen (secondary N) is 2. The first-order valence-corrected chi connectivity index (χ1v) is 6.42. The third-order valence-electron chi connectivity index (χ3n) is 2.27. The molecule has 0 fully saturated rings. The van der Waals surface area contributed by atoms with E-state index in [4.69, 9.17) is 10.6 Å². The van der Waals surface area contributed by atoms with Gasteiger partial charge in [0.25, 0.3) is 10.0 Å². The Morgan fingerprint density at radius 2 is 2.06 bits per heavy atom. The number of rotatable bonds is 4. The lowest BCUT2D eigenvalue weighted by Crippen LogP contribution is -2.30. The maximum Gasteiger partial charge on any atom is 0.355 e. The summed E-state index contributed by atoms with van der Waals surface area (Å²) in [6.45, 7) is 4.94. The smallest absolute Gasteiger partial charge is 0.355 e. The molecule has 0 aliphatic heterocycles. The van der Waals surface area contributed by atoms with Gasteiger partial charge in [-0.25, -0.2) is 13.2 Å². The van der Waals surface area contributed by atoms with E-state index in [1.807, 2.05) is 0 Å². The molecule has 0 aliphatic carbocycles. The number of aryl methyl sites for hydroxylation is 1. The van der Waals surface area contributed by atoms with Crippen LogP contribution in [0.2, 0.25) is 0 Å². The van der Waals surface area contributed by atoms with Crippen molar-refractivity contribution in [2.45, 2.75) is 25.7 Å². The van der Waals surface area contributed by atoms with Crippen molar-refractivity contribution in [1.82, 2.24) is 9.82 Å². The number of ether oxygens (including phenoxy) is 1. The number of hydrogen-bond acceptors (Lipinski definition) is 5. The maximum absolute atomic E-state index is 11.6. The molecule has 0 saturated heterocycles. The molecule has 4 N–H and O–H groups in total. The van der Waals surface area contributed by atoms with Gasteiger partial charge in [0.1, 0.15) is 10.6 Å². The molecule has 1 aromatic rings. The van der Waals surface area contributed by atoms with E-state index < -0.39 is 16.0 Å². The summed E-state index contributed by atoms with van der Waals surface area (Å²) in [5.41, 5.74) is 0.751. The number of hydrazine groups is 1. The van der Waals surface area contributed by atoms with E-state index in [0.29, 0.717) is 11.3 Å². The van der Waals surface area contributed by atoms with Crippen molar-refractivity contribution in [3.05, 3.63) is 17.0 Å². The van der Waals surface area contributed by atoms with Crippen LogP contribution in [0, 0.1) is 13.8 Å². The number of nitrogens with two attached hydrogens (primary N) is 1. The SMILES string of the molecule is CCOC(=O)c1[nH]c(C)c(S(=O)(=O)NN)c1C. The second-order valence-electron chi connectivity index (χ2n) is 3.42. The minimum atomic E-state index is -3.80. The van der Waals surface area contributed by atoms with Crippen LogP contribution in [0.15, 0.2) is 4.90 Å². The molecule has 0 amide bonds. The third kappa shape index (κ3) is 2.48. The van der Waals surface area contributed by atoms with Gasteiger partial charge in [-0.05, 0) is 20.8 Å². The van der Waals surface area contributed by atoms with Crippen LogP contribution in [0.1, 0.15) is 28.7 Å². The summed E-state index contributed by atoms with van der Waals surface area (Å²) in [6, 6.07) is 0. The number of esters is 1. The van der Waals surface area contributed by atoms with Gasteiger partial charge in [0.15, 0.2) is 0 Å². The van der Waals surface area contributed by atoms with Crippen LogP contribution in [0.3, 0.4) is 0 Å². The van der Waals surface area contributed by atoms with Crippen molar-refractivity contribution in [1.29, 1.82) is 0 Å². The van der Waals surface area contributed by atoms with Crippen LogP contribution in [0.5, 0.6) is 0 Å². The Kier molecular flexibility index (Phi) is 3.91. The Morgan fingerprint density at radius 1 is 1.47 bits per heavy atom. The van der Waals surface area contributed by atoms with Crippen LogP contribution in [-0.2, 0) is 14.8 Å². The van der Waals surface area contributed by atoms with Crippen LogP contribution in [0.25, 0.3) is 0 Å². The average molecular weight is 261 g/mol. The molecular weight excluding hydrogens is 246 g/mol. The molecule has 17 heavy (non-hydrogen) atoms. The molecule has 0 unspecified atom stereocenters. The normalized spacial score (nSPS) is 11.5. The van der Waals surface area contributed by atoms with E-state index in [0.717, 1.165) is 0 Å². The van der Waals surface area contributed by atoms with Gasteiger partial charge < -0.3 is 9.72 Å². The monoisotopic (exact) mass is 261 g/mol. The molecule has 0 atom stereocenters. The minimum absolute atomic E-state index is 0.0250. The highest BCUT2D eigenvalue weighted by Crippen LogP contribution is 2.23. The van der Waals surface area contributed by atoms with Crippen molar-refractivity contribution >= 4 is 16.0 Å². The van der Waals surface area contributed by atoms with Crippen molar-refractivity contribution < 1.29 is 17.9 Å². The molecule has 0 aromatic carbocycles. The predicted octanol–water partition coefficient (Wildman–Crippen LogP) is -0.0398. The summed E-state index contributed by atoms with van der Waals surface area (Å²) >= 11 is 0. The van der Waals surface area contributed by atoms with E-state index in [1.54, 1.807) is 18.7 Å². The van der Waals surface area contributed by atoms with Crippen molar-refractivity contribution in [2.24, 2.45) is 5.84 Å². The van der Waals surface area contributed by atoms with E-state index in [1.165, 1.54) is 6.92 Å². The highest BCUT2D eigenvalue weighted by molar-refractivity contribution is 7.89. The summed E-state index contributed by atoms with van der Waals surface area (Å²) in [6.07, 6.45) is 0. The van der Waals surface area contributed by atoms with Gasteiger partial charge in [0, 0.05) is 11.3 Å². The average Bonchev–Trinajstić information content (AvgIpc) is 2.55. The molecule has 96 valence electrons. The van der Waals surface area contributed by atoms with Crippen molar-refractivity contribution in [3.63, 3.8) is 0 Å². The maximum atomic E-state index is 11.6. The van der Waals surface area contributed by atoms with Gasteiger partial charge in [-0.3, -0.25) is 5.84 Å². The molecule has 1 rings (SSSR count). The molecule has 0 spiro atoms. The van der Waals surface area contributed by atoms with Gasteiger partial charge in [-0.2, -0.15) is 0 Å². The zero-order chi connectivity index (χ0) is 13.2. The van der Waals surface area contributed by atoms with Gasteiger partial charge in [0.05, 0.1) is 6.61 Å². The van der Waals surface area contributed by atoms with Crippen LogP contribution in [-0.4, -0.2) is 26.0 Å². The van der Waals surface area contributed by atoms with Crippen LogP contribution >= 0.6 is 0 Å². The Morgan fingerprint density at radius 3 is 2.53 bits per heavy atom. The highest BCUT2D eigenvalue weighted by atomic mass is 32.2. The Balaban J connectivity index is 3.34. The van der Waals surface area contributed by atoms with Crippen LogP contribution in [0.4, 0.5) is 0 Å². The van der Waals surface area contributed by atoms with Crippen LogP contribution < -0.4 is 10.7 Å².